The molecule has 18 heavy (non-hydrogen) atoms. The zero-order chi connectivity index (χ0) is 13.3. The number of methoxy groups -OCH3 is 1. The standard InChI is InChI=1S/C11H18N2O5/c1-12-7-11(5-3-4-6-11)8(13(16)9(12)14)18-10(15)17-2/h8,16H,3-7H2,1-2H3. The van der Waals surface area contributed by atoms with Crippen molar-refractivity contribution in [2.45, 2.75) is 31.9 Å². The molecule has 2 amide bonds. The molecule has 0 bridgehead atoms. The third kappa shape index (κ3) is 1.98. The van der Waals surface area contributed by atoms with Gasteiger partial charge in [-0.05, 0) is 12.8 Å². The van der Waals surface area contributed by atoms with Crippen molar-refractivity contribution in [3.8, 4) is 0 Å². The third-order valence-corrected chi connectivity index (χ3v) is 3.79. The van der Waals surface area contributed by atoms with Gasteiger partial charge in [0.15, 0.2) is 0 Å². The Morgan fingerprint density at radius 1 is 1.44 bits per heavy atom. The van der Waals surface area contributed by atoms with Crippen molar-refractivity contribution in [1.29, 1.82) is 0 Å². The lowest BCUT2D eigenvalue weighted by Crippen LogP contribution is -2.62. The minimum atomic E-state index is -0.962. The summed E-state index contributed by atoms with van der Waals surface area (Å²) in [7, 11) is 2.82. The quantitative estimate of drug-likeness (QED) is 0.568. The monoisotopic (exact) mass is 258 g/mol. The predicted molar refractivity (Wildman–Crippen MR) is 59.8 cm³/mol. The van der Waals surface area contributed by atoms with E-state index in [1.807, 2.05) is 0 Å². The molecule has 0 aromatic heterocycles. The van der Waals surface area contributed by atoms with E-state index in [1.54, 1.807) is 7.05 Å². The maximum Gasteiger partial charge on any atom is 0.510 e. The Morgan fingerprint density at radius 2 is 2.06 bits per heavy atom. The van der Waals surface area contributed by atoms with Crippen molar-refractivity contribution in [2.75, 3.05) is 20.7 Å². The second-order valence-electron chi connectivity index (χ2n) is 4.98. The summed E-state index contributed by atoms with van der Waals surface area (Å²) in [6, 6.07) is -0.568. The topological polar surface area (TPSA) is 79.3 Å². The summed E-state index contributed by atoms with van der Waals surface area (Å²) in [5.74, 6) is 0. The van der Waals surface area contributed by atoms with E-state index in [2.05, 4.69) is 4.74 Å². The van der Waals surface area contributed by atoms with Crippen LogP contribution in [0.3, 0.4) is 0 Å². The minimum Gasteiger partial charge on any atom is -0.438 e. The fourth-order valence-corrected chi connectivity index (χ4v) is 2.95. The SMILES string of the molecule is COC(=O)OC1N(O)C(=O)N(C)CC12CCCC2. The van der Waals surface area contributed by atoms with E-state index < -0.39 is 23.8 Å². The van der Waals surface area contributed by atoms with Crippen LogP contribution in [-0.2, 0) is 9.47 Å². The van der Waals surface area contributed by atoms with Crippen molar-refractivity contribution in [3.63, 3.8) is 0 Å². The Bertz CT molecular complexity index is 353. The van der Waals surface area contributed by atoms with Crippen LogP contribution >= 0.6 is 0 Å². The zero-order valence-corrected chi connectivity index (χ0v) is 10.6. The summed E-state index contributed by atoms with van der Waals surface area (Å²) in [4.78, 5) is 24.4. The molecule has 0 radical (unpaired) electrons. The first-order chi connectivity index (χ1) is 8.50. The highest BCUT2D eigenvalue weighted by molar-refractivity contribution is 5.74. The molecule has 0 aromatic rings. The molecule has 1 spiro atoms. The molecule has 1 aliphatic carbocycles. The fourth-order valence-electron chi connectivity index (χ4n) is 2.95. The lowest BCUT2D eigenvalue weighted by molar-refractivity contribution is -0.231. The Balaban J connectivity index is 2.24. The van der Waals surface area contributed by atoms with Crippen molar-refractivity contribution < 1.29 is 24.3 Å². The van der Waals surface area contributed by atoms with Crippen LogP contribution in [-0.4, -0.2) is 54.3 Å². The summed E-state index contributed by atoms with van der Waals surface area (Å²) < 4.78 is 9.52. The molecule has 7 heteroatoms. The summed E-state index contributed by atoms with van der Waals surface area (Å²) in [6.45, 7) is 0.477. The number of urea groups is 1. The summed E-state index contributed by atoms with van der Waals surface area (Å²) in [5.41, 5.74) is -0.397. The van der Waals surface area contributed by atoms with Gasteiger partial charge in [0.1, 0.15) is 0 Å². The highest BCUT2D eigenvalue weighted by atomic mass is 16.7. The van der Waals surface area contributed by atoms with Gasteiger partial charge in [0, 0.05) is 19.0 Å². The van der Waals surface area contributed by atoms with E-state index in [1.165, 1.54) is 12.0 Å². The van der Waals surface area contributed by atoms with Crippen LogP contribution in [0.15, 0.2) is 0 Å². The largest absolute Gasteiger partial charge is 0.510 e. The molecular weight excluding hydrogens is 240 g/mol. The van der Waals surface area contributed by atoms with Crippen molar-refractivity contribution >= 4 is 12.2 Å². The Labute approximate surface area is 105 Å². The second-order valence-corrected chi connectivity index (χ2v) is 4.98. The van der Waals surface area contributed by atoms with Gasteiger partial charge in [-0.2, -0.15) is 5.06 Å². The first-order valence-corrected chi connectivity index (χ1v) is 5.98. The van der Waals surface area contributed by atoms with Crippen LogP contribution in [0, 0.1) is 5.41 Å². The highest BCUT2D eigenvalue weighted by Crippen LogP contribution is 2.46. The van der Waals surface area contributed by atoms with Gasteiger partial charge in [0.05, 0.1) is 7.11 Å². The second kappa shape index (κ2) is 4.64. The van der Waals surface area contributed by atoms with Gasteiger partial charge in [0.25, 0.3) is 0 Å². The zero-order valence-electron chi connectivity index (χ0n) is 10.6. The molecule has 1 N–H and O–H groups in total. The Kier molecular flexibility index (Phi) is 3.34. The number of rotatable bonds is 1. The lowest BCUT2D eigenvalue weighted by Gasteiger charge is -2.46. The van der Waals surface area contributed by atoms with Crippen LogP contribution < -0.4 is 0 Å². The van der Waals surface area contributed by atoms with E-state index in [0.29, 0.717) is 11.6 Å². The predicted octanol–water partition coefficient (Wildman–Crippen LogP) is 1.41. The molecule has 102 valence electrons. The summed E-state index contributed by atoms with van der Waals surface area (Å²) >= 11 is 0. The maximum atomic E-state index is 11.7. The fraction of sp³-hybridized carbons (Fsp3) is 0.818. The third-order valence-electron chi connectivity index (χ3n) is 3.79. The van der Waals surface area contributed by atoms with Crippen LogP contribution in [0.4, 0.5) is 9.59 Å². The number of nitrogens with zero attached hydrogens (tertiary/aromatic N) is 2. The molecule has 2 fully saturated rings. The summed E-state index contributed by atoms with van der Waals surface area (Å²) in [6.07, 6.45) is 1.76. The average Bonchev–Trinajstić information content (AvgIpc) is 2.81. The van der Waals surface area contributed by atoms with Crippen molar-refractivity contribution in [3.05, 3.63) is 0 Å². The van der Waals surface area contributed by atoms with Gasteiger partial charge in [-0.3, -0.25) is 5.21 Å². The van der Waals surface area contributed by atoms with Gasteiger partial charge in [-0.1, -0.05) is 12.8 Å². The molecule has 1 unspecified atom stereocenters. The summed E-state index contributed by atoms with van der Waals surface area (Å²) in [5, 5.41) is 10.4. The van der Waals surface area contributed by atoms with E-state index in [9.17, 15) is 14.8 Å². The number of amides is 2. The van der Waals surface area contributed by atoms with Gasteiger partial charge in [-0.25, -0.2) is 9.59 Å². The molecule has 2 aliphatic rings. The molecule has 2 rings (SSSR count). The first-order valence-electron chi connectivity index (χ1n) is 5.98. The number of hydrogen-bond acceptors (Lipinski definition) is 5. The first kappa shape index (κ1) is 12.9. The van der Waals surface area contributed by atoms with Gasteiger partial charge in [-0.15, -0.1) is 0 Å². The molecule has 1 aliphatic heterocycles. The Hall–Kier alpha value is -1.50. The van der Waals surface area contributed by atoms with Crippen LogP contribution in [0.25, 0.3) is 0 Å². The molecule has 7 nitrogen and oxygen atoms in total. The van der Waals surface area contributed by atoms with Crippen LogP contribution in [0.1, 0.15) is 25.7 Å². The van der Waals surface area contributed by atoms with Gasteiger partial charge < -0.3 is 14.4 Å². The number of carbonyl (C=O) groups excluding carboxylic acids is 2. The molecule has 1 saturated heterocycles. The van der Waals surface area contributed by atoms with E-state index in [0.717, 1.165) is 25.7 Å². The maximum absolute atomic E-state index is 11.7. The van der Waals surface area contributed by atoms with Gasteiger partial charge >= 0.3 is 12.2 Å². The van der Waals surface area contributed by atoms with E-state index in [-0.39, 0.29) is 0 Å². The molecule has 0 aromatic carbocycles. The smallest absolute Gasteiger partial charge is 0.438 e. The number of ether oxygens (including phenoxy) is 2. The van der Waals surface area contributed by atoms with Crippen molar-refractivity contribution in [1.82, 2.24) is 9.96 Å². The van der Waals surface area contributed by atoms with Crippen molar-refractivity contribution in [2.24, 2.45) is 5.41 Å². The molecule has 1 atom stereocenters. The van der Waals surface area contributed by atoms with Crippen LogP contribution in [0.2, 0.25) is 0 Å². The van der Waals surface area contributed by atoms with E-state index >= 15 is 0 Å². The number of hydrogen-bond donors (Lipinski definition) is 1. The normalized spacial score (nSPS) is 26.6. The lowest BCUT2D eigenvalue weighted by atomic mass is 9.82. The molecular formula is C11H18N2O5. The van der Waals surface area contributed by atoms with E-state index in [4.69, 9.17) is 4.74 Å². The molecule has 1 saturated carbocycles. The van der Waals surface area contributed by atoms with Gasteiger partial charge in [0.2, 0.25) is 6.23 Å². The number of hydroxylamine groups is 2. The Morgan fingerprint density at radius 3 is 2.61 bits per heavy atom. The van der Waals surface area contributed by atoms with Crippen LogP contribution in [0.5, 0.6) is 0 Å². The molecule has 1 heterocycles. The average molecular weight is 258 g/mol. The highest BCUT2D eigenvalue weighted by Gasteiger charge is 2.53. The minimum absolute atomic E-state index is 0.397. The number of carbonyl (C=O) groups is 2.